The maximum absolute atomic E-state index is 12.4. The Balaban J connectivity index is 2.00. The topological polar surface area (TPSA) is 72.8 Å². The molecule has 25 heavy (non-hydrogen) atoms. The highest BCUT2D eigenvalue weighted by molar-refractivity contribution is 7.13. The van der Waals surface area contributed by atoms with Gasteiger partial charge >= 0.3 is 12.6 Å². The summed E-state index contributed by atoms with van der Waals surface area (Å²) in [5.74, 6) is -0.414. The summed E-state index contributed by atoms with van der Waals surface area (Å²) in [4.78, 5) is 15.6. The number of carbonyl (C=O) groups is 1. The van der Waals surface area contributed by atoms with Crippen molar-refractivity contribution in [2.24, 2.45) is 5.10 Å². The smallest absolute Gasteiger partial charge is 0.387 e. The van der Waals surface area contributed by atoms with Gasteiger partial charge in [-0.25, -0.2) is 4.98 Å². The number of anilines is 1. The molecule has 6 nitrogen and oxygen atoms in total. The molecule has 0 bridgehead atoms. The van der Waals surface area contributed by atoms with Crippen molar-refractivity contribution in [2.45, 2.75) is 20.0 Å². The van der Waals surface area contributed by atoms with Crippen LogP contribution in [0.3, 0.4) is 0 Å². The zero-order valence-corrected chi connectivity index (χ0v) is 14.6. The second-order valence-electron chi connectivity index (χ2n) is 4.56. The minimum atomic E-state index is -2.95. The van der Waals surface area contributed by atoms with Crippen LogP contribution in [0.15, 0.2) is 28.7 Å². The Hall–Kier alpha value is -2.26. The molecule has 0 aliphatic heterocycles. The van der Waals surface area contributed by atoms with Gasteiger partial charge in [0.2, 0.25) is 5.13 Å². The molecule has 134 valence electrons. The number of thiazole rings is 1. The van der Waals surface area contributed by atoms with Gasteiger partial charge in [0, 0.05) is 16.0 Å². The van der Waals surface area contributed by atoms with Crippen molar-refractivity contribution in [3.05, 3.63) is 39.9 Å². The van der Waals surface area contributed by atoms with Crippen LogP contribution >= 0.6 is 22.9 Å². The molecule has 0 spiro atoms. The summed E-state index contributed by atoms with van der Waals surface area (Å²) in [5.41, 5.74) is 3.49. The maximum Gasteiger partial charge on any atom is 0.387 e. The Bertz CT molecular complexity index is 755. The number of ether oxygens (including phenoxy) is 2. The van der Waals surface area contributed by atoms with E-state index in [1.54, 1.807) is 12.3 Å². The number of benzene rings is 1. The van der Waals surface area contributed by atoms with Gasteiger partial charge < -0.3 is 9.47 Å². The quantitative estimate of drug-likeness (QED) is 0.420. The van der Waals surface area contributed by atoms with Crippen molar-refractivity contribution < 1.29 is 23.0 Å². The fraction of sp³-hybridized carbons (Fsp3) is 0.267. The Kier molecular flexibility index (Phi) is 7.08. The third kappa shape index (κ3) is 6.28. The summed E-state index contributed by atoms with van der Waals surface area (Å²) in [6.45, 7) is -0.922. The number of esters is 1. The van der Waals surface area contributed by atoms with Crippen molar-refractivity contribution in [1.82, 2.24) is 4.98 Å². The van der Waals surface area contributed by atoms with Gasteiger partial charge in [-0.2, -0.15) is 13.9 Å². The molecule has 0 radical (unpaired) electrons. The van der Waals surface area contributed by atoms with Crippen LogP contribution in [0, 0.1) is 0 Å². The largest absolute Gasteiger partial charge is 0.466 e. The first-order chi connectivity index (χ1) is 12.0. The molecule has 1 heterocycles. The molecule has 0 fully saturated rings. The number of carbonyl (C=O) groups excluding carboxylic acids is 1. The number of nitrogens with one attached hydrogen (secondary N) is 1. The summed E-state index contributed by atoms with van der Waals surface area (Å²) in [5, 5.41) is 6.41. The van der Waals surface area contributed by atoms with Crippen LogP contribution in [-0.4, -0.2) is 30.4 Å². The molecule has 0 unspecified atom stereocenters. The van der Waals surface area contributed by atoms with Gasteiger partial charge in [0.1, 0.15) is 5.75 Å². The molecule has 0 amide bonds. The standard InChI is InChI=1S/C15H14ClF2N3O3S/c1-2-23-13(22)6-11-8-25-15(20-11)21-19-7-9-5-10(16)3-4-12(9)24-14(17)18/h3-5,7-8,14H,2,6H2,1H3,(H,20,21). The number of nitrogens with zero attached hydrogens (tertiary/aromatic N) is 2. The molecular formula is C15H14ClF2N3O3S. The van der Waals surface area contributed by atoms with Crippen LogP contribution in [0.5, 0.6) is 5.75 Å². The lowest BCUT2D eigenvalue weighted by Gasteiger charge is -2.07. The Morgan fingerprint density at radius 1 is 1.52 bits per heavy atom. The number of rotatable bonds is 8. The van der Waals surface area contributed by atoms with E-state index in [0.717, 1.165) is 0 Å². The lowest BCUT2D eigenvalue weighted by atomic mass is 10.2. The average Bonchev–Trinajstić information content (AvgIpc) is 2.97. The Labute approximate surface area is 151 Å². The Morgan fingerprint density at radius 3 is 3.04 bits per heavy atom. The maximum atomic E-state index is 12.4. The van der Waals surface area contributed by atoms with Crippen molar-refractivity contribution in [3.8, 4) is 5.75 Å². The summed E-state index contributed by atoms with van der Waals surface area (Å²) >= 11 is 7.09. The van der Waals surface area contributed by atoms with Crippen LogP contribution in [0.1, 0.15) is 18.2 Å². The van der Waals surface area contributed by atoms with E-state index in [9.17, 15) is 13.6 Å². The molecule has 0 saturated heterocycles. The molecule has 1 N–H and O–H groups in total. The van der Waals surface area contributed by atoms with E-state index in [4.69, 9.17) is 16.3 Å². The third-order valence-corrected chi connectivity index (χ3v) is 3.77. The van der Waals surface area contributed by atoms with Crippen LogP contribution in [0.4, 0.5) is 13.9 Å². The van der Waals surface area contributed by atoms with Crippen molar-refractivity contribution >= 4 is 40.3 Å². The molecule has 1 aromatic carbocycles. The summed E-state index contributed by atoms with van der Waals surface area (Å²) in [6, 6.07) is 4.21. The predicted molar refractivity (Wildman–Crippen MR) is 91.8 cm³/mol. The van der Waals surface area contributed by atoms with E-state index < -0.39 is 6.61 Å². The van der Waals surface area contributed by atoms with E-state index in [2.05, 4.69) is 20.2 Å². The van der Waals surface area contributed by atoms with Gasteiger partial charge in [-0.3, -0.25) is 10.2 Å². The van der Waals surface area contributed by atoms with E-state index in [0.29, 0.717) is 22.5 Å². The molecule has 10 heteroatoms. The van der Waals surface area contributed by atoms with E-state index in [1.807, 2.05) is 0 Å². The second kappa shape index (κ2) is 9.28. The fourth-order valence-corrected chi connectivity index (χ4v) is 2.62. The molecule has 0 aliphatic rings. The first-order valence-electron chi connectivity index (χ1n) is 7.11. The van der Waals surface area contributed by atoms with Crippen molar-refractivity contribution in [2.75, 3.05) is 12.0 Å². The number of hydrazone groups is 1. The predicted octanol–water partition coefficient (Wildman–Crippen LogP) is 3.95. The van der Waals surface area contributed by atoms with Crippen molar-refractivity contribution in [1.29, 1.82) is 0 Å². The minimum Gasteiger partial charge on any atom is -0.466 e. The molecule has 2 aromatic rings. The summed E-state index contributed by atoms with van der Waals surface area (Å²) in [7, 11) is 0. The lowest BCUT2D eigenvalue weighted by molar-refractivity contribution is -0.142. The first kappa shape index (κ1) is 19.1. The number of alkyl halides is 2. The van der Waals surface area contributed by atoms with Crippen LogP contribution in [0.2, 0.25) is 5.02 Å². The van der Waals surface area contributed by atoms with Gasteiger partial charge in [0.05, 0.1) is 24.9 Å². The highest BCUT2D eigenvalue weighted by Crippen LogP contribution is 2.23. The normalized spacial score (nSPS) is 11.1. The summed E-state index contributed by atoms with van der Waals surface area (Å²) < 4.78 is 34.0. The number of halogens is 3. The van der Waals surface area contributed by atoms with Gasteiger partial charge in [0.15, 0.2) is 0 Å². The monoisotopic (exact) mass is 389 g/mol. The number of hydrogen-bond donors (Lipinski definition) is 1. The molecule has 0 saturated carbocycles. The highest BCUT2D eigenvalue weighted by Gasteiger charge is 2.10. The highest BCUT2D eigenvalue weighted by atomic mass is 35.5. The number of hydrogen-bond acceptors (Lipinski definition) is 7. The van der Waals surface area contributed by atoms with Crippen LogP contribution in [-0.2, 0) is 16.0 Å². The van der Waals surface area contributed by atoms with Gasteiger partial charge in [-0.05, 0) is 25.1 Å². The molecular weight excluding hydrogens is 376 g/mol. The zero-order valence-electron chi connectivity index (χ0n) is 13.0. The Morgan fingerprint density at radius 2 is 2.32 bits per heavy atom. The van der Waals surface area contributed by atoms with Gasteiger partial charge in [0.25, 0.3) is 0 Å². The summed E-state index contributed by atoms with van der Waals surface area (Å²) in [6.07, 6.45) is 1.35. The van der Waals surface area contributed by atoms with Crippen molar-refractivity contribution in [3.63, 3.8) is 0 Å². The molecule has 2 rings (SSSR count). The van der Waals surface area contributed by atoms with Gasteiger partial charge in [-0.15, -0.1) is 11.3 Å². The first-order valence-corrected chi connectivity index (χ1v) is 8.37. The fourth-order valence-electron chi connectivity index (χ4n) is 1.78. The van der Waals surface area contributed by atoms with Crippen LogP contribution in [0.25, 0.3) is 0 Å². The zero-order chi connectivity index (χ0) is 18.2. The average molecular weight is 390 g/mol. The van der Waals surface area contributed by atoms with E-state index >= 15 is 0 Å². The lowest BCUT2D eigenvalue weighted by Crippen LogP contribution is -2.07. The molecule has 1 aromatic heterocycles. The molecule has 0 atom stereocenters. The molecule has 0 aliphatic carbocycles. The van der Waals surface area contributed by atoms with E-state index in [-0.39, 0.29) is 23.7 Å². The van der Waals surface area contributed by atoms with Crippen LogP contribution < -0.4 is 10.2 Å². The SMILES string of the molecule is CCOC(=O)Cc1csc(NN=Cc2cc(Cl)ccc2OC(F)F)n1. The van der Waals surface area contributed by atoms with Gasteiger partial charge in [-0.1, -0.05) is 11.6 Å². The number of aromatic nitrogens is 1. The third-order valence-electron chi connectivity index (χ3n) is 2.73. The van der Waals surface area contributed by atoms with E-state index in [1.165, 1.54) is 35.8 Å². The second-order valence-corrected chi connectivity index (χ2v) is 5.85. The minimum absolute atomic E-state index is 0.0490.